The summed E-state index contributed by atoms with van der Waals surface area (Å²) in [6.45, 7) is 0. The zero-order chi connectivity index (χ0) is 20.7. The van der Waals surface area contributed by atoms with Gasteiger partial charge in [0.25, 0.3) is 5.89 Å². The first-order chi connectivity index (χ1) is 14.6. The Bertz CT molecular complexity index is 1400. The van der Waals surface area contributed by atoms with Crippen LogP contribution in [0.3, 0.4) is 0 Å². The normalized spacial score (nSPS) is 11.1. The maximum Gasteiger partial charge on any atom is 0.339 e. The van der Waals surface area contributed by atoms with Crippen LogP contribution in [-0.2, 0) is 0 Å². The predicted molar refractivity (Wildman–Crippen MR) is 116 cm³/mol. The van der Waals surface area contributed by atoms with E-state index in [2.05, 4.69) is 10.3 Å². The fraction of sp³-hybridized carbons (Fsp3) is 0. The van der Waals surface area contributed by atoms with Gasteiger partial charge in [-0.05, 0) is 34.5 Å². The van der Waals surface area contributed by atoms with Crippen LogP contribution < -0.4 is 5.32 Å². The smallest absolute Gasteiger partial charge is 0.339 e. The van der Waals surface area contributed by atoms with Gasteiger partial charge in [-0.15, -0.1) is 11.3 Å². The van der Waals surface area contributed by atoms with Gasteiger partial charge in [0, 0.05) is 10.9 Å². The van der Waals surface area contributed by atoms with Gasteiger partial charge in [0.2, 0.25) is 0 Å². The second-order valence-electron chi connectivity index (χ2n) is 6.66. The van der Waals surface area contributed by atoms with Gasteiger partial charge in [0.15, 0.2) is 5.58 Å². The Morgan fingerprint density at radius 2 is 1.73 bits per heavy atom. The third-order valence-corrected chi connectivity index (χ3v) is 5.68. The Labute approximate surface area is 174 Å². The molecule has 30 heavy (non-hydrogen) atoms. The van der Waals surface area contributed by atoms with Crippen molar-refractivity contribution in [2.75, 3.05) is 5.32 Å². The van der Waals surface area contributed by atoms with E-state index in [-0.39, 0.29) is 16.5 Å². The molecule has 0 unspecified atom stereocenters. The van der Waals surface area contributed by atoms with E-state index in [9.17, 15) is 14.7 Å². The molecule has 7 heteroatoms. The summed E-state index contributed by atoms with van der Waals surface area (Å²) in [5, 5.41) is 16.5. The Kier molecular flexibility index (Phi) is 4.30. The minimum atomic E-state index is -1.12. The van der Waals surface area contributed by atoms with Crippen molar-refractivity contribution in [3.63, 3.8) is 0 Å². The van der Waals surface area contributed by atoms with Crippen LogP contribution in [0.4, 0.5) is 5.00 Å². The van der Waals surface area contributed by atoms with Crippen molar-refractivity contribution in [2.24, 2.45) is 0 Å². The minimum Gasteiger partial charge on any atom is -0.478 e. The summed E-state index contributed by atoms with van der Waals surface area (Å²) in [5.74, 6) is -1.83. The van der Waals surface area contributed by atoms with Crippen molar-refractivity contribution in [3.05, 3.63) is 83.6 Å². The third-order valence-electron chi connectivity index (χ3n) is 4.78. The maximum atomic E-state index is 12.6. The highest BCUT2D eigenvalue weighted by Crippen LogP contribution is 2.37. The van der Waals surface area contributed by atoms with Gasteiger partial charge < -0.3 is 14.8 Å². The summed E-state index contributed by atoms with van der Waals surface area (Å²) in [7, 11) is 0. The van der Waals surface area contributed by atoms with Crippen molar-refractivity contribution in [1.29, 1.82) is 0 Å². The summed E-state index contributed by atoms with van der Waals surface area (Å²) in [4.78, 5) is 28.8. The van der Waals surface area contributed by atoms with Gasteiger partial charge in [-0.3, -0.25) is 4.79 Å². The van der Waals surface area contributed by atoms with E-state index in [1.807, 2.05) is 42.5 Å². The summed E-state index contributed by atoms with van der Waals surface area (Å²) in [5.41, 5.74) is 2.41. The van der Waals surface area contributed by atoms with Crippen LogP contribution in [-0.4, -0.2) is 22.0 Å². The number of aromatic carboxylic acids is 1. The summed E-state index contributed by atoms with van der Waals surface area (Å²) >= 11 is 1.15. The number of carboxylic acids is 1. The quantitative estimate of drug-likeness (QED) is 0.396. The number of aromatic nitrogens is 1. The SMILES string of the molecule is O=C(Nc1scc(-c2ccc3ccccc3c2)c1C(=O)O)c1nc2ccccc2o1. The number of oxazole rings is 1. The van der Waals surface area contributed by atoms with Crippen molar-refractivity contribution < 1.29 is 19.1 Å². The summed E-state index contributed by atoms with van der Waals surface area (Å²) in [6, 6.07) is 20.7. The molecule has 5 rings (SSSR count). The van der Waals surface area contributed by atoms with Crippen LogP contribution in [0.15, 0.2) is 76.5 Å². The number of rotatable bonds is 4. The van der Waals surface area contributed by atoms with Crippen LogP contribution in [0.5, 0.6) is 0 Å². The number of carbonyl (C=O) groups excluding carboxylic acids is 1. The van der Waals surface area contributed by atoms with E-state index < -0.39 is 11.9 Å². The zero-order valence-electron chi connectivity index (χ0n) is 15.5. The standard InChI is InChI=1S/C23H14N2O4S/c26-20(21-24-17-7-3-4-8-18(17)29-21)25-22-19(23(27)28)16(12-30-22)15-10-9-13-5-1-2-6-14(13)11-15/h1-12H,(H,25,26)(H,27,28). The second-order valence-corrected chi connectivity index (χ2v) is 7.54. The van der Waals surface area contributed by atoms with Gasteiger partial charge in [-0.2, -0.15) is 0 Å². The van der Waals surface area contributed by atoms with E-state index in [0.29, 0.717) is 16.7 Å². The Balaban J connectivity index is 1.52. The minimum absolute atomic E-state index is 0.0414. The molecule has 6 nitrogen and oxygen atoms in total. The molecule has 3 aromatic carbocycles. The molecule has 2 N–H and O–H groups in total. The van der Waals surface area contributed by atoms with Crippen molar-refractivity contribution in [2.45, 2.75) is 0 Å². The summed E-state index contributed by atoms with van der Waals surface area (Å²) in [6.07, 6.45) is 0. The maximum absolute atomic E-state index is 12.6. The first kappa shape index (κ1) is 18.1. The Morgan fingerprint density at radius 1 is 0.967 bits per heavy atom. The number of thiophene rings is 1. The molecule has 0 saturated carbocycles. The first-order valence-electron chi connectivity index (χ1n) is 9.11. The average Bonchev–Trinajstić information content (AvgIpc) is 3.37. The molecule has 5 aromatic rings. The molecule has 2 aromatic heterocycles. The lowest BCUT2D eigenvalue weighted by Gasteiger charge is -2.06. The number of benzene rings is 3. The van der Waals surface area contributed by atoms with E-state index in [0.717, 1.165) is 27.7 Å². The molecular formula is C23H14N2O4S. The molecule has 0 aliphatic rings. The fourth-order valence-electron chi connectivity index (χ4n) is 3.36. The van der Waals surface area contributed by atoms with Gasteiger partial charge >= 0.3 is 11.9 Å². The molecule has 1 amide bonds. The van der Waals surface area contributed by atoms with E-state index in [4.69, 9.17) is 4.42 Å². The number of carboxylic acid groups (broad SMARTS) is 1. The van der Waals surface area contributed by atoms with Crippen LogP contribution in [0.1, 0.15) is 21.0 Å². The number of para-hydroxylation sites is 2. The number of fused-ring (bicyclic) bond motifs is 2. The first-order valence-corrected chi connectivity index (χ1v) is 9.99. The van der Waals surface area contributed by atoms with Crippen molar-refractivity contribution in [1.82, 2.24) is 4.98 Å². The lowest BCUT2D eigenvalue weighted by atomic mass is 10.0. The molecule has 0 fully saturated rings. The molecule has 0 atom stereocenters. The van der Waals surface area contributed by atoms with Crippen molar-refractivity contribution in [3.8, 4) is 11.1 Å². The molecule has 0 spiro atoms. The Hall–Kier alpha value is -3.97. The molecule has 0 aliphatic carbocycles. The molecule has 0 aliphatic heterocycles. The van der Waals surface area contributed by atoms with Gasteiger partial charge in [-0.25, -0.2) is 9.78 Å². The zero-order valence-corrected chi connectivity index (χ0v) is 16.3. The fourth-order valence-corrected chi connectivity index (χ4v) is 4.31. The van der Waals surface area contributed by atoms with Gasteiger partial charge in [0.1, 0.15) is 16.1 Å². The largest absolute Gasteiger partial charge is 0.478 e. The lowest BCUT2D eigenvalue weighted by Crippen LogP contribution is -2.13. The summed E-state index contributed by atoms with van der Waals surface area (Å²) < 4.78 is 5.48. The molecule has 146 valence electrons. The molecule has 0 saturated heterocycles. The number of amides is 1. The highest BCUT2D eigenvalue weighted by molar-refractivity contribution is 7.15. The van der Waals surface area contributed by atoms with Crippen molar-refractivity contribution >= 4 is 50.1 Å². The predicted octanol–water partition coefficient (Wildman–Crippen LogP) is 5.66. The van der Waals surface area contributed by atoms with Crippen LogP contribution in [0, 0.1) is 0 Å². The second kappa shape index (κ2) is 7.13. The molecule has 0 radical (unpaired) electrons. The van der Waals surface area contributed by atoms with Crippen LogP contribution in [0.25, 0.3) is 33.0 Å². The van der Waals surface area contributed by atoms with E-state index >= 15 is 0 Å². The molecular weight excluding hydrogens is 400 g/mol. The third kappa shape index (κ3) is 3.11. The number of hydrogen-bond donors (Lipinski definition) is 2. The highest BCUT2D eigenvalue weighted by atomic mass is 32.1. The number of hydrogen-bond acceptors (Lipinski definition) is 5. The van der Waals surface area contributed by atoms with Gasteiger partial charge in [0.05, 0.1) is 0 Å². The van der Waals surface area contributed by atoms with Gasteiger partial charge in [-0.1, -0.05) is 48.5 Å². The van der Waals surface area contributed by atoms with E-state index in [1.54, 1.807) is 29.6 Å². The van der Waals surface area contributed by atoms with Crippen LogP contribution in [0.2, 0.25) is 0 Å². The van der Waals surface area contributed by atoms with E-state index in [1.165, 1.54) is 0 Å². The topological polar surface area (TPSA) is 92.4 Å². The Morgan fingerprint density at radius 3 is 2.53 bits per heavy atom. The number of carbonyl (C=O) groups is 2. The number of anilines is 1. The average molecular weight is 414 g/mol. The van der Waals surface area contributed by atoms with Crippen LogP contribution >= 0.6 is 11.3 Å². The molecule has 0 bridgehead atoms. The molecule has 2 heterocycles. The monoisotopic (exact) mass is 414 g/mol. The number of nitrogens with one attached hydrogen (secondary N) is 1. The highest BCUT2D eigenvalue weighted by Gasteiger charge is 2.23. The lowest BCUT2D eigenvalue weighted by molar-refractivity contribution is 0.0699. The number of nitrogens with zero attached hydrogens (tertiary/aromatic N) is 1.